The minimum absolute atomic E-state index is 0.0562. The Morgan fingerprint density at radius 1 is 1.29 bits per heavy atom. The zero-order valence-corrected chi connectivity index (χ0v) is 14.0. The number of urea groups is 1. The monoisotopic (exact) mass is 334 g/mol. The van der Waals surface area contributed by atoms with E-state index >= 15 is 0 Å². The van der Waals surface area contributed by atoms with Crippen molar-refractivity contribution >= 4 is 23.5 Å². The number of amides is 4. The first-order valence-corrected chi connectivity index (χ1v) is 7.73. The van der Waals surface area contributed by atoms with Gasteiger partial charge >= 0.3 is 6.03 Å². The van der Waals surface area contributed by atoms with Crippen LogP contribution in [0.1, 0.15) is 13.8 Å². The normalized spacial score (nSPS) is 16.0. The first-order valence-electron chi connectivity index (χ1n) is 7.73. The maximum atomic E-state index is 12.1. The summed E-state index contributed by atoms with van der Waals surface area (Å²) in [5.74, 6) is -0.204. The van der Waals surface area contributed by atoms with Crippen molar-refractivity contribution in [2.45, 2.75) is 26.0 Å². The highest BCUT2D eigenvalue weighted by atomic mass is 16.5. The Labute approximate surface area is 140 Å². The standard InChI is InChI=1S/C16H22N4O4/c1-10(2)18-16(23)19-14(21)9-20-8-13(15(22)17-3)24-12-7-5-4-6-11(12)20/h4-7,10,13H,8-9H2,1-3H3,(H,17,22)(H2,18,19,21,23)/t13-/m1/s1. The number of hydrogen-bond acceptors (Lipinski definition) is 5. The molecule has 0 saturated carbocycles. The van der Waals surface area contributed by atoms with Gasteiger partial charge < -0.3 is 20.3 Å². The lowest BCUT2D eigenvalue weighted by atomic mass is 10.1. The summed E-state index contributed by atoms with van der Waals surface area (Å²) in [6, 6.07) is 6.54. The molecular formula is C16H22N4O4. The van der Waals surface area contributed by atoms with Crippen molar-refractivity contribution in [3.05, 3.63) is 24.3 Å². The highest BCUT2D eigenvalue weighted by Crippen LogP contribution is 2.32. The van der Waals surface area contributed by atoms with E-state index in [1.165, 1.54) is 7.05 Å². The van der Waals surface area contributed by atoms with Gasteiger partial charge in [-0.3, -0.25) is 14.9 Å². The van der Waals surface area contributed by atoms with Crippen molar-refractivity contribution < 1.29 is 19.1 Å². The summed E-state index contributed by atoms with van der Waals surface area (Å²) in [6.07, 6.45) is -0.720. The number of ether oxygens (including phenoxy) is 1. The zero-order chi connectivity index (χ0) is 17.7. The van der Waals surface area contributed by atoms with E-state index < -0.39 is 18.0 Å². The van der Waals surface area contributed by atoms with Gasteiger partial charge in [-0.05, 0) is 26.0 Å². The van der Waals surface area contributed by atoms with Crippen LogP contribution >= 0.6 is 0 Å². The minimum atomic E-state index is -0.720. The predicted molar refractivity (Wildman–Crippen MR) is 88.9 cm³/mol. The average Bonchev–Trinajstić information content (AvgIpc) is 2.52. The van der Waals surface area contributed by atoms with Gasteiger partial charge in [-0.2, -0.15) is 0 Å². The van der Waals surface area contributed by atoms with Crippen LogP contribution in [0.3, 0.4) is 0 Å². The number of carbonyl (C=O) groups is 3. The summed E-state index contributed by atoms with van der Waals surface area (Å²) in [5, 5.41) is 7.40. The highest BCUT2D eigenvalue weighted by molar-refractivity contribution is 5.97. The highest BCUT2D eigenvalue weighted by Gasteiger charge is 2.31. The van der Waals surface area contributed by atoms with Crippen LogP contribution in [0.25, 0.3) is 0 Å². The van der Waals surface area contributed by atoms with Crippen molar-refractivity contribution in [1.29, 1.82) is 0 Å². The average molecular weight is 334 g/mol. The van der Waals surface area contributed by atoms with Gasteiger partial charge in [0.15, 0.2) is 6.10 Å². The van der Waals surface area contributed by atoms with E-state index in [9.17, 15) is 14.4 Å². The fourth-order valence-corrected chi connectivity index (χ4v) is 2.39. The van der Waals surface area contributed by atoms with Gasteiger partial charge in [0.2, 0.25) is 5.91 Å². The molecule has 0 bridgehead atoms. The maximum Gasteiger partial charge on any atom is 0.321 e. The number of anilines is 1. The molecule has 8 nitrogen and oxygen atoms in total. The molecule has 0 saturated heterocycles. The molecule has 0 aliphatic carbocycles. The van der Waals surface area contributed by atoms with E-state index in [0.717, 1.165) is 0 Å². The fourth-order valence-electron chi connectivity index (χ4n) is 2.39. The van der Waals surface area contributed by atoms with Crippen LogP contribution in [0.15, 0.2) is 24.3 Å². The summed E-state index contributed by atoms with van der Waals surface area (Å²) in [5.41, 5.74) is 0.706. The largest absolute Gasteiger partial charge is 0.477 e. The number of para-hydroxylation sites is 2. The molecule has 0 radical (unpaired) electrons. The molecule has 1 aromatic carbocycles. The van der Waals surface area contributed by atoms with Crippen LogP contribution in [0, 0.1) is 0 Å². The Morgan fingerprint density at radius 3 is 2.67 bits per heavy atom. The smallest absolute Gasteiger partial charge is 0.321 e. The quantitative estimate of drug-likeness (QED) is 0.732. The van der Waals surface area contributed by atoms with E-state index in [1.54, 1.807) is 36.9 Å². The molecule has 24 heavy (non-hydrogen) atoms. The number of fused-ring (bicyclic) bond motifs is 1. The molecule has 0 spiro atoms. The summed E-state index contributed by atoms with van der Waals surface area (Å²) < 4.78 is 5.67. The van der Waals surface area contributed by atoms with Crippen LogP contribution in [0.5, 0.6) is 5.75 Å². The van der Waals surface area contributed by atoms with Crippen LogP contribution in [0.2, 0.25) is 0 Å². The predicted octanol–water partition coefficient (Wildman–Crippen LogP) is 0.234. The summed E-state index contributed by atoms with van der Waals surface area (Å²) in [7, 11) is 1.53. The van der Waals surface area contributed by atoms with Crippen molar-refractivity contribution in [2.24, 2.45) is 0 Å². The zero-order valence-electron chi connectivity index (χ0n) is 14.0. The Hall–Kier alpha value is -2.77. The molecular weight excluding hydrogens is 312 g/mol. The molecule has 1 aromatic rings. The first-order chi connectivity index (χ1) is 11.4. The molecule has 1 aliphatic heterocycles. The van der Waals surface area contributed by atoms with Crippen molar-refractivity contribution in [1.82, 2.24) is 16.0 Å². The third-order valence-electron chi connectivity index (χ3n) is 3.41. The van der Waals surface area contributed by atoms with Crippen LogP contribution in [-0.2, 0) is 9.59 Å². The summed E-state index contributed by atoms with van der Waals surface area (Å²) in [6.45, 7) is 3.77. The lowest BCUT2D eigenvalue weighted by Crippen LogP contribution is -2.52. The molecule has 0 fully saturated rings. The molecule has 0 aromatic heterocycles. The molecule has 2 rings (SSSR count). The van der Waals surface area contributed by atoms with Crippen LogP contribution in [0.4, 0.5) is 10.5 Å². The second kappa shape index (κ2) is 7.67. The first kappa shape index (κ1) is 17.6. The van der Waals surface area contributed by atoms with Crippen LogP contribution < -0.4 is 25.6 Å². The Morgan fingerprint density at radius 2 is 2.00 bits per heavy atom. The van der Waals surface area contributed by atoms with Crippen molar-refractivity contribution in [3.8, 4) is 5.75 Å². The molecule has 1 aliphatic rings. The SMILES string of the molecule is CNC(=O)[C@H]1CN(CC(=O)NC(=O)NC(C)C)c2ccccc2O1. The Balaban J connectivity index is 2.08. The third kappa shape index (κ3) is 4.37. The second-order valence-electron chi connectivity index (χ2n) is 5.75. The van der Waals surface area contributed by atoms with E-state index in [-0.39, 0.29) is 25.0 Å². The molecule has 4 amide bonds. The number of carbonyl (C=O) groups excluding carboxylic acids is 3. The van der Waals surface area contributed by atoms with Gasteiger partial charge in [0.25, 0.3) is 5.91 Å². The maximum absolute atomic E-state index is 12.1. The molecule has 0 unspecified atom stereocenters. The van der Waals surface area contributed by atoms with Gasteiger partial charge in [-0.1, -0.05) is 12.1 Å². The number of likely N-dealkylation sites (N-methyl/N-ethyl adjacent to an activating group) is 1. The molecule has 130 valence electrons. The van der Waals surface area contributed by atoms with Gasteiger partial charge in [0.05, 0.1) is 18.8 Å². The van der Waals surface area contributed by atoms with Crippen molar-refractivity contribution in [3.63, 3.8) is 0 Å². The Kier molecular flexibility index (Phi) is 5.62. The van der Waals surface area contributed by atoms with Gasteiger partial charge in [0.1, 0.15) is 5.75 Å². The number of rotatable bonds is 4. The minimum Gasteiger partial charge on any atom is -0.477 e. The van der Waals surface area contributed by atoms with E-state index in [2.05, 4.69) is 16.0 Å². The molecule has 8 heteroatoms. The number of benzene rings is 1. The molecule has 1 heterocycles. The summed E-state index contributed by atoms with van der Waals surface area (Å²) >= 11 is 0. The van der Waals surface area contributed by atoms with E-state index in [0.29, 0.717) is 11.4 Å². The van der Waals surface area contributed by atoms with Gasteiger partial charge in [-0.15, -0.1) is 0 Å². The topological polar surface area (TPSA) is 99.8 Å². The third-order valence-corrected chi connectivity index (χ3v) is 3.41. The number of imide groups is 1. The summed E-state index contributed by atoms with van der Waals surface area (Å²) in [4.78, 5) is 37.3. The lowest BCUT2D eigenvalue weighted by molar-refractivity contribution is -0.127. The number of nitrogens with zero attached hydrogens (tertiary/aromatic N) is 1. The molecule has 3 N–H and O–H groups in total. The van der Waals surface area contributed by atoms with E-state index in [1.807, 2.05) is 6.07 Å². The van der Waals surface area contributed by atoms with Gasteiger partial charge in [0, 0.05) is 13.1 Å². The fraction of sp³-hybridized carbons (Fsp3) is 0.438. The molecule has 1 atom stereocenters. The lowest BCUT2D eigenvalue weighted by Gasteiger charge is -2.34. The van der Waals surface area contributed by atoms with E-state index in [4.69, 9.17) is 4.74 Å². The second-order valence-corrected chi connectivity index (χ2v) is 5.75. The van der Waals surface area contributed by atoms with Gasteiger partial charge in [-0.25, -0.2) is 4.79 Å². The number of nitrogens with one attached hydrogen (secondary N) is 3. The van der Waals surface area contributed by atoms with Crippen LogP contribution in [-0.4, -0.2) is 50.1 Å². The van der Waals surface area contributed by atoms with Crippen molar-refractivity contribution in [2.75, 3.05) is 25.0 Å². The number of hydrogen-bond donors (Lipinski definition) is 3. The Bertz CT molecular complexity index is 632.